The van der Waals surface area contributed by atoms with Crippen LogP contribution in [0, 0.1) is 0 Å². The summed E-state index contributed by atoms with van der Waals surface area (Å²) in [5.41, 5.74) is 1.33. The molecule has 0 saturated heterocycles. The van der Waals surface area contributed by atoms with Crippen molar-refractivity contribution in [3.05, 3.63) is 60.7 Å². The van der Waals surface area contributed by atoms with Gasteiger partial charge in [-0.1, -0.05) is 74.7 Å². The van der Waals surface area contributed by atoms with Gasteiger partial charge in [0.05, 0.1) is 0 Å². The van der Waals surface area contributed by atoms with E-state index in [-0.39, 0.29) is 0 Å². The Morgan fingerprint density at radius 1 is 1.12 bits per heavy atom. The number of hydrogen-bond donors (Lipinski definition) is 0. The molecule has 0 saturated carbocycles. The van der Waals surface area contributed by atoms with E-state index in [4.69, 9.17) is 0 Å². The Morgan fingerprint density at radius 2 is 1.88 bits per heavy atom. The van der Waals surface area contributed by atoms with Gasteiger partial charge in [0.2, 0.25) is 0 Å². The zero-order chi connectivity index (χ0) is 12.3. The monoisotopic (exact) mass is 228 g/mol. The van der Waals surface area contributed by atoms with E-state index in [0.29, 0.717) is 5.92 Å². The lowest BCUT2D eigenvalue weighted by Crippen LogP contribution is -1.89. The van der Waals surface area contributed by atoms with Gasteiger partial charge in [-0.25, -0.2) is 0 Å². The summed E-state index contributed by atoms with van der Waals surface area (Å²) in [5.74, 6) is 0.363. The fraction of sp³-hybridized carbons (Fsp3) is 0.412. The smallest absolute Gasteiger partial charge is 0.0196 e. The quantitative estimate of drug-likeness (QED) is 0.408. The van der Waals surface area contributed by atoms with Crippen LogP contribution in [0.5, 0.6) is 0 Å². The van der Waals surface area contributed by atoms with Gasteiger partial charge in [0, 0.05) is 5.92 Å². The van der Waals surface area contributed by atoms with Crippen LogP contribution in [0.3, 0.4) is 0 Å². The largest absolute Gasteiger partial charge is 0.102 e. The van der Waals surface area contributed by atoms with Crippen LogP contribution in [0.4, 0.5) is 0 Å². The Kier molecular flexibility index (Phi) is 7.13. The third-order valence-corrected chi connectivity index (χ3v) is 3.01. The predicted molar refractivity (Wildman–Crippen MR) is 77.3 cm³/mol. The summed E-state index contributed by atoms with van der Waals surface area (Å²) in [6, 6.07) is 10.5. The summed E-state index contributed by atoms with van der Waals surface area (Å²) < 4.78 is 0. The molecule has 0 bridgehead atoms. The maximum atomic E-state index is 3.91. The van der Waals surface area contributed by atoms with Crippen LogP contribution in [0.25, 0.3) is 0 Å². The zero-order valence-electron chi connectivity index (χ0n) is 10.9. The molecule has 0 radical (unpaired) electrons. The molecule has 0 amide bonds. The van der Waals surface area contributed by atoms with Gasteiger partial charge in [-0.3, -0.25) is 0 Å². The van der Waals surface area contributed by atoms with E-state index in [0.717, 1.165) is 0 Å². The van der Waals surface area contributed by atoms with Crippen molar-refractivity contribution in [2.45, 2.75) is 44.9 Å². The summed E-state index contributed by atoms with van der Waals surface area (Å²) in [7, 11) is 0. The molecule has 92 valence electrons. The molecular formula is C17H24. The van der Waals surface area contributed by atoms with E-state index >= 15 is 0 Å². The van der Waals surface area contributed by atoms with Crippen LogP contribution in [-0.4, -0.2) is 0 Å². The van der Waals surface area contributed by atoms with Crippen LogP contribution in [0.1, 0.15) is 50.5 Å². The molecule has 0 aromatic heterocycles. The second-order valence-corrected chi connectivity index (χ2v) is 4.45. The van der Waals surface area contributed by atoms with Gasteiger partial charge < -0.3 is 0 Å². The van der Waals surface area contributed by atoms with Gasteiger partial charge in [-0.15, -0.1) is 6.58 Å². The van der Waals surface area contributed by atoms with Crippen molar-refractivity contribution in [1.82, 2.24) is 0 Å². The van der Waals surface area contributed by atoms with E-state index in [9.17, 15) is 0 Å². The molecule has 0 fully saturated rings. The third-order valence-electron chi connectivity index (χ3n) is 3.01. The topological polar surface area (TPSA) is 0 Å². The average Bonchev–Trinajstić information content (AvgIpc) is 2.39. The molecule has 0 aliphatic rings. The minimum atomic E-state index is 0.363. The molecule has 1 aromatic rings. The van der Waals surface area contributed by atoms with Crippen molar-refractivity contribution in [2.75, 3.05) is 0 Å². The molecule has 0 N–H and O–H groups in total. The molecule has 0 spiro atoms. The van der Waals surface area contributed by atoms with E-state index in [1.165, 1.54) is 37.7 Å². The highest BCUT2D eigenvalue weighted by Crippen LogP contribution is 2.18. The molecule has 0 aliphatic heterocycles. The maximum absolute atomic E-state index is 3.91. The normalized spacial score (nSPS) is 12.8. The summed E-state index contributed by atoms with van der Waals surface area (Å²) in [6.07, 6.45) is 13.1. The predicted octanol–water partition coefficient (Wildman–Crippen LogP) is 5.48. The summed E-state index contributed by atoms with van der Waals surface area (Å²) in [4.78, 5) is 0. The van der Waals surface area contributed by atoms with E-state index in [1.54, 1.807) is 0 Å². The number of unbranched alkanes of at least 4 members (excludes halogenated alkanes) is 4. The Morgan fingerprint density at radius 3 is 2.53 bits per heavy atom. The van der Waals surface area contributed by atoms with Crippen molar-refractivity contribution < 1.29 is 0 Å². The van der Waals surface area contributed by atoms with Gasteiger partial charge in [0.15, 0.2) is 0 Å². The lowest BCUT2D eigenvalue weighted by atomic mass is 9.98. The van der Waals surface area contributed by atoms with Crippen LogP contribution >= 0.6 is 0 Å². The lowest BCUT2D eigenvalue weighted by Gasteiger charge is -2.07. The fourth-order valence-electron chi connectivity index (χ4n) is 1.93. The van der Waals surface area contributed by atoms with E-state index in [2.05, 4.69) is 56.0 Å². The van der Waals surface area contributed by atoms with Crippen LogP contribution in [0.2, 0.25) is 0 Å². The van der Waals surface area contributed by atoms with E-state index < -0.39 is 0 Å². The first-order valence-corrected chi connectivity index (χ1v) is 6.72. The first-order chi connectivity index (χ1) is 8.38. The van der Waals surface area contributed by atoms with Crippen LogP contribution in [0.15, 0.2) is 55.1 Å². The second-order valence-electron chi connectivity index (χ2n) is 4.45. The van der Waals surface area contributed by atoms with Crippen LogP contribution in [-0.2, 0) is 0 Å². The third kappa shape index (κ3) is 5.53. The van der Waals surface area contributed by atoms with Crippen LogP contribution < -0.4 is 0 Å². The van der Waals surface area contributed by atoms with Crippen molar-refractivity contribution in [2.24, 2.45) is 0 Å². The number of rotatable bonds is 8. The first kappa shape index (κ1) is 13.8. The molecular weight excluding hydrogens is 204 g/mol. The maximum Gasteiger partial charge on any atom is 0.0196 e. The summed E-state index contributed by atoms with van der Waals surface area (Å²) in [6.45, 7) is 6.16. The van der Waals surface area contributed by atoms with Crippen molar-refractivity contribution >= 4 is 0 Å². The summed E-state index contributed by atoms with van der Waals surface area (Å²) >= 11 is 0. The molecule has 1 aromatic carbocycles. The zero-order valence-corrected chi connectivity index (χ0v) is 10.9. The Bertz CT molecular complexity index is 321. The lowest BCUT2D eigenvalue weighted by molar-refractivity contribution is 0.674. The highest BCUT2D eigenvalue weighted by Gasteiger charge is 2.00. The Balaban J connectivity index is 2.37. The second kappa shape index (κ2) is 8.81. The molecule has 1 unspecified atom stereocenters. The molecule has 0 heterocycles. The standard InChI is InChI=1S/C17H24/c1-3-5-6-7-8-10-13-16(4-2)17-14-11-9-12-15-17/h4,9-16H,2-3,5-8H2,1H3. The van der Waals surface area contributed by atoms with Gasteiger partial charge in [0.25, 0.3) is 0 Å². The molecule has 17 heavy (non-hydrogen) atoms. The van der Waals surface area contributed by atoms with Gasteiger partial charge in [-0.05, 0) is 18.4 Å². The van der Waals surface area contributed by atoms with Crippen molar-refractivity contribution in [3.8, 4) is 0 Å². The van der Waals surface area contributed by atoms with Gasteiger partial charge >= 0.3 is 0 Å². The molecule has 1 atom stereocenters. The van der Waals surface area contributed by atoms with E-state index in [1.807, 2.05) is 6.08 Å². The number of benzene rings is 1. The van der Waals surface area contributed by atoms with Crippen molar-refractivity contribution in [1.29, 1.82) is 0 Å². The highest BCUT2D eigenvalue weighted by atomic mass is 14.1. The fourth-order valence-corrected chi connectivity index (χ4v) is 1.93. The molecule has 0 nitrogen and oxygen atoms in total. The summed E-state index contributed by atoms with van der Waals surface area (Å²) in [5, 5.41) is 0. The SMILES string of the molecule is C=CC(C=CCCCCCC)c1ccccc1. The van der Waals surface area contributed by atoms with Gasteiger partial charge in [0.1, 0.15) is 0 Å². The molecule has 0 aliphatic carbocycles. The minimum Gasteiger partial charge on any atom is -0.102 e. The average molecular weight is 228 g/mol. The van der Waals surface area contributed by atoms with Gasteiger partial charge in [-0.2, -0.15) is 0 Å². The van der Waals surface area contributed by atoms with Crippen molar-refractivity contribution in [3.63, 3.8) is 0 Å². The molecule has 0 heteroatoms. The highest BCUT2D eigenvalue weighted by molar-refractivity contribution is 5.27. The molecule has 1 rings (SSSR count). The Labute approximate surface area is 106 Å². The number of allylic oxidation sites excluding steroid dienone is 3. The minimum absolute atomic E-state index is 0.363. The number of hydrogen-bond acceptors (Lipinski definition) is 0. The Hall–Kier alpha value is -1.30. The first-order valence-electron chi connectivity index (χ1n) is 6.72.